The van der Waals surface area contributed by atoms with Gasteiger partial charge in [0.05, 0.1) is 12.6 Å². The zero-order valence-electron chi connectivity index (χ0n) is 8.30. The number of hydrogen-bond donors (Lipinski definition) is 1. The van der Waals surface area contributed by atoms with Gasteiger partial charge in [-0.2, -0.15) is 4.31 Å². The highest BCUT2D eigenvalue weighted by atomic mass is 32.2. The number of hydrogen-bond acceptors (Lipinski definition) is 3. The van der Waals surface area contributed by atoms with Crippen LogP contribution in [0.25, 0.3) is 0 Å². The van der Waals surface area contributed by atoms with Crippen LogP contribution < -0.4 is 0 Å². The summed E-state index contributed by atoms with van der Waals surface area (Å²) in [4.78, 5) is 10.7. The van der Waals surface area contributed by atoms with E-state index in [4.69, 9.17) is 9.29 Å². The molecule has 5 nitrogen and oxygen atoms in total. The van der Waals surface area contributed by atoms with Gasteiger partial charge in [0.1, 0.15) is 0 Å². The second-order valence-corrected chi connectivity index (χ2v) is 4.80. The van der Waals surface area contributed by atoms with Crippen molar-refractivity contribution in [2.24, 2.45) is 5.92 Å². The van der Waals surface area contributed by atoms with Crippen LogP contribution in [0.5, 0.6) is 0 Å². The summed E-state index contributed by atoms with van der Waals surface area (Å²) in [5.41, 5.74) is 0. The molecule has 1 heterocycles. The molecule has 6 heteroatoms. The van der Waals surface area contributed by atoms with Crippen molar-refractivity contribution in [3.63, 3.8) is 0 Å². The third kappa shape index (κ3) is 2.68. The van der Waals surface area contributed by atoms with Gasteiger partial charge in [0.2, 0.25) is 0 Å². The molecular weight excluding hydrogens is 206 g/mol. The molecule has 1 fully saturated rings. The molecule has 0 aromatic heterocycles. The summed E-state index contributed by atoms with van der Waals surface area (Å²) in [6.45, 7) is 4.38. The van der Waals surface area contributed by atoms with E-state index in [1.54, 1.807) is 0 Å². The van der Waals surface area contributed by atoms with Gasteiger partial charge in [-0.15, -0.1) is 0 Å². The van der Waals surface area contributed by atoms with Crippen molar-refractivity contribution < 1.29 is 18.3 Å². The minimum Gasteiger partial charge on any atom is -0.464 e. The Morgan fingerprint density at radius 3 is 2.86 bits per heavy atom. The van der Waals surface area contributed by atoms with E-state index in [1.165, 1.54) is 0 Å². The van der Waals surface area contributed by atoms with Crippen LogP contribution in [0.4, 0.5) is 4.79 Å². The van der Waals surface area contributed by atoms with Crippen molar-refractivity contribution in [3.05, 3.63) is 0 Å². The van der Waals surface area contributed by atoms with E-state index in [-0.39, 0.29) is 12.6 Å². The first-order chi connectivity index (χ1) is 6.52. The molecule has 1 amide bonds. The van der Waals surface area contributed by atoms with Crippen molar-refractivity contribution in [3.8, 4) is 0 Å². The van der Waals surface area contributed by atoms with E-state index in [0.29, 0.717) is 12.3 Å². The Morgan fingerprint density at radius 1 is 1.71 bits per heavy atom. The summed E-state index contributed by atoms with van der Waals surface area (Å²) in [6, 6.07) is -0.254. The molecule has 0 bridgehead atoms. The standard InChI is InChI=1S/C8H15NO4S/c1-6(2)3-4-7-5-13-14(12)9(7)8(10)11/h6-7H,3-5H2,1-2H3,(H,10,11)/t7-,14?/m0/s1. The second kappa shape index (κ2) is 4.75. The molecule has 1 N–H and O–H groups in total. The fraction of sp³-hybridized carbons (Fsp3) is 0.875. The summed E-state index contributed by atoms with van der Waals surface area (Å²) in [7, 11) is 0. The maximum Gasteiger partial charge on any atom is 0.421 e. The average molecular weight is 221 g/mol. The van der Waals surface area contributed by atoms with Gasteiger partial charge in [0, 0.05) is 0 Å². The smallest absolute Gasteiger partial charge is 0.421 e. The monoisotopic (exact) mass is 221 g/mol. The molecule has 0 aliphatic carbocycles. The molecular formula is C8H15NO4S. The van der Waals surface area contributed by atoms with Gasteiger partial charge in [-0.25, -0.2) is 9.00 Å². The molecule has 82 valence electrons. The molecule has 0 saturated carbocycles. The number of carbonyl (C=O) groups is 1. The van der Waals surface area contributed by atoms with Crippen molar-refractivity contribution >= 4 is 17.4 Å². The normalized spacial score (nSPS) is 27.2. The van der Waals surface area contributed by atoms with E-state index < -0.39 is 17.4 Å². The molecule has 0 aromatic carbocycles. The molecule has 1 aliphatic heterocycles. The molecule has 0 aromatic rings. The Labute approximate surface area is 85.8 Å². The van der Waals surface area contributed by atoms with Crippen molar-refractivity contribution in [2.45, 2.75) is 32.7 Å². The summed E-state index contributed by atoms with van der Waals surface area (Å²) in [5, 5.41) is 8.77. The average Bonchev–Trinajstić information content (AvgIpc) is 2.43. The molecule has 0 spiro atoms. The van der Waals surface area contributed by atoms with E-state index in [9.17, 15) is 9.00 Å². The molecule has 0 radical (unpaired) electrons. The Hall–Kier alpha value is -0.620. The first kappa shape index (κ1) is 11.5. The Balaban J connectivity index is 2.52. The van der Waals surface area contributed by atoms with Crippen molar-refractivity contribution in [1.82, 2.24) is 4.31 Å². The zero-order chi connectivity index (χ0) is 10.7. The number of carboxylic acid groups (broad SMARTS) is 1. The summed E-state index contributed by atoms with van der Waals surface area (Å²) in [5.74, 6) is 0.514. The van der Waals surface area contributed by atoms with Crippen LogP contribution in [-0.4, -0.2) is 32.4 Å². The molecule has 1 saturated heterocycles. The number of rotatable bonds is 3. The van der Waals surface area contributed by atoms with E-state index in [2.05, 4.69) is 13.8 Å². The number of nitrogens with zero attached hydrogens (tertiary/aromatic N) is 1. The third-order valence-corrected chi connectivity index (χ3v) is 3.23. The van der Waals surface area contributed by atoms with Crippen LogP contribution in [0.2, 0.25) is 0 Å². The molecule has 14 heavy (non-hydrogen) atoms. The highest BCUT2D eigenvalue weighted by molar-refractivity contribution is 7.78. The molecule has 1 unspecified atom stereocenters. The maximum atomic E-state index is 11.1. The largest absolute Gasteiger partial charge is 0.464 e. The second-order valence-electron chi connectivity index (χ2n) is 3.74. The minimum atomic E-state index is -1.80. The van der Waals surface area contributed by atoms with Gasteiger partial charge in [0.15, 0.2) is 0 Å². The van der Waals surface area contributed by atoms with Crippen LogP contribution in [0.15, 0.2) is 0 Å². The van der Waals surface area contributed by atoms with Crippen LogP contribution >= 0.6 is 0 Å². The molecule has 1 rings (SSSR count). The summed E-state index contributed by atoms with van der Waals surface area (Å²) < 4.78 is 16.8. The van der Waals surface area contributed by atoms with Gasteiger partial charge in [0.25, 0.3) is 11.3 Å². The SMILES string of the molecule is CC(C)CC[C@H]1COS(=O)N1C(=O)O. The van der Waals surface area contributed by atoms with Crippen molar-refractivity contribution in [2.75, 3.05) is 6.61 Å². The first-order valence-electron chi connectivity index (χ1n) is 4.59. The van der Waals surface area contributed by atoms with Gasteiger partial charge >= 0.3 is 6.09 Å². The summed E-state index contributed by atoms with van der Waals surface area (Å²) >= 11 is -1.80. The van der Waals surface area contributed by atoms with Gasteiger partial charge in [-0.3, -0.25) is 4.18 Å². The highest BCUT2D eigenvalue weighted by Crippen LogP contribution is 2.20. The maximum absolute atomic E-state index is 11.1. The lowest BCUT2D eigenvalue weighted by atomic mass is 10.0. The van der Waals surface area contributed by atoms with Gasteiger partial charge in [-0.1, -0.05) is 13.8 Å². The third-order valence-electron chi connectivity index (χ3n) is 2.12. The van der Waals surface area contributed by atoms with E-state index in [1.807, 2.05) is 0 Å². The van der Waals surface area contributed by atoms with Crippen molar-refractivity contribution in [1.29, 1.82) is 0 Å². The summed E-state index contributed by atoms with van der Waals surface area (Å²) in [6.07, 6.45) is 0.444. The number of amides is 1. The fourth-order valence-electron chi connectivity index (χ4n) is 1.33. The lowest BCUT2D eigenvalue weighted by Gasteiger charge is -2.17. The van der Waals surface area contributed by atoms with Crippen LogP contribution in [0.1, 0.15) is 26.7 Å². The van der Waals surface area contributed by atoms with Gasteiger partial charge < -0.3 is 5.11 Å². The quantitative estimate of drug-likeness (QED) is 0.781. The minimum absolute atomic E-state index is 0.242. The Morgan fingerprint density at radius 2 is 2.36 bits per heavy atom. The Bertz CT molecular complexity index is 243. The van der Waals surface area contributed by atoms with Crippen LogP contribution in [0.3, 0.4) is 0 Å². The van der Waals surface area contributed by atoms with Crippen LogP contribution in [-0.2, 0) is 15.4 Å². The predicted molar refractivity (Wildman–Crippen MR) is 51.8 cm³/mol. The fourth-order valence-corrected chi connectivity index (χ4v) is 2.25. The van der Waals surface area contributed by atoms with Gasteiger partial charge in [-0.05, 0) is 18.8 Å². The van der Waals surface area contributed by atoms with E-state index in [0.717, 1.165) is 10.7 Å². The first-order valence-corrected chi connectivity index (χ1v) is 5.63. The molecule has 2 atom stereocenters. The predicted octanol–water partition coefficient (Wildman–Crippen LogP) is 1.38. The zero-order valence-corrected chi connectivity index (χ0v) is 9.12. The molecule has 1 aliphatic rings. The highest BCUT2D eigenvalue weighted by Gasteiger charge is 2.36. The van der Waals surface area contributed by atoms with E-state index >= 15 is 0 Å². The lowest BCUT2D eigenvalue weighted by Crippen LogP contribution is -2.35. The Kier molecular flexibility index (Phi) is 3.88. The lowest BCUT2D eigenvalue weighted by molar-refractivity contribution is 0.162. The topological polar surface area (TPSA) is 66.8 Å². The van der Waals surface area contributed by atoms with Crippen LogP contribution in [0, 0.1) is 5.92 Å².